The average Bonchev–Trinajstić information content (AvgIpc) is 3.28. The van der Waals surface area contributed by atoms with Gasteiger partial charge in [0, 0.05) is 32.7 Å². The minimum atomic E-state index is -0.0625. The summed E-state index contributed by atoms with van der Waals surface area (Å²) in [7, 11) is 0. The van der Waals surface area contributed by atoms with Crippen molar-refractivity contribution in [3.05, 3.63) is 83.3 Å². The number of hydrogen-bond acceptors (Lipinski definition) is 5. The maximum atomic E-state index is 12.9. The summed E-state index contributed by atoms with van der Waals surface area (Å²) in [4.78, 5) is 17.1. The summed E-state index contributed by atoms with van der Waals surface area (Å²) in [6.07, 6.45) is 0. The van der Waals surface area contributed by atoms with Crippen LogP contribution in [-0.4, -0.2) is 48.5 Å². The lowest BCUT2D eigenvalue weighted by Gasteiger charge is -2.34. The van der Waals surface area contributed by atoms with Crippen molar-refractivity contribution in [3.63, 3.8) is 0 Å². The van der Waals surface area contributed by atoms with Crippen molar-refractivity contribution in [2.24, 2.45) is 0 Å². The van der Waals surface area contributed by atoms with Gasteiger partial charge in [-0.2, -0.15) is 0 Å². The maximum Gasteiger partial charge on any atom is 0.289 e. The van der Waals surface area contributed by atoms with E-state index in [1.165, 1.54) is 11.1 Å². The van der Waals surface area contributed by atoms with E-state index in [-0.39, 0.29) is 12.5 Å². The van der Waals surface area contributed by atoms with Gasteiger partial charge in [0.25, 0.3) is 5.91 Å². The summed E-state index contributed by atoms with van der Waals surface area (Å²) >= 11 is 0. The van der Waals surface area contributed by atoms with Crippen LogP contribution in [0.25, 0.3) is 0 Å². The van der Waals surface area contributed by atoms with E-state index in [2.05, 4.69) is 36.1 Å². The quantitative estimate of drug-likeness (QED) is 0.522. The normalized spacial score (nSPS) is 14.4. The fourth-order valence-electron chi connectivity index (χ4n) is 3.86. The minimum absolute atomic E-state index is 0.0625. The zero-order chi connectivity index (χ0) is 22.3. The fraction of sp³-hybridized carbons (Fsp3) is 0.346. The van der Waals surface area contributed by atoms with Crippen LogP contribution in [-0.2, 0) is 13.2 Å². The number of hydrogen-bond donors (Lipinski definition) is 0. The van der Waals surface area contributed by atoms with Crippen molar-refractivity contribution in [2.45, 2.75) is 27.0 Å². The number of amides is 1. The summed E-state index contributed by atoms with van der Waals surface area (Å²) in [5.41, 5.74) is 2.59. The third-order valence-electron chi connectivity index (χ3n) is 5.54. The predicted octanol–water partition coefficient (Wildman–Crippen LogP) is 4.52. The molecule has 0 atom stereocenters. The molecule has 0 aliphatic carbocycles. The molecule has 2 heterocycles. The van der Waals surface area contributed by atoms with Crippen LogP contribution in [0, 0.1) is 6.92 Å². The second-order valence-electron chi connectivity index (χ2n) is 8.02. The van der Waals surface area contributed by atoms with Crippen LogP contribution in [0.3, 0.4) is 0 Å². The zero-order valence-corrected chi connectivity index (χ0v) is 18.8. The Morgan fingerprint density at radius 1 is 0.938 bits per heavy atom. The molecule has 1 fully saturated rings. The Hall–Kier alpha value is -3.25. The van der Waals surface area contributed by atoms with Crippen LogP contribution in [0.4, 0.5) is 0 Å². The van der Waals surface area contributed by atoms with Gasteiger partial charge in [-0.3, -0.25) is 9.69 Å². The number of ether oxygens (including phenoxy) is 2. The van der Waals surface area contributed by atoms with Crippen molar-refractivity contribution >= 4 is 5.91 Å². The van der Waals surface area contributed by atoms with Gasteiger partial charge in [-0.05, 0) is 55.8 Å². The van der Waals surface area contributed by atoms with Crippen LogP contribution in [0.5, 0.6) is 11.5 Å². The van der Waals surface area contributed by atoms with Crippen LogP contribution in [0.2, 0.25) is 0 Å². The summed E-state index contributed by atoms with van der Waals surface area (Å²) in [5, 5.41) is 0. The van der Waals surface area contributed by atoms with Gasteiger partial charge in [0.2, 0.25) is 0 Å². The molecule has 0 radical (unpaired) electrons. The molecule has 3 aromatic rings. The average molecular weight is 435 g/mol. The first-order valence-electron chi connectivity index (χ1n) is 11.1. The van der Waals surface area contributed by atoms with Crippen molar-refractivity contribution in [2.75, 3.05) is 32.8 Å². The Bertz CT molecular complexity index is 1020. The molecule has 2 aromatic carbocycles. The molecule has 0 saturated carbocycles. The number of carbonyl (C=O) groups is 1. The lowest BCUT2D eigenvalue weighted by Crippen LogP contribution is -2.48. The van der Waals surface area contributed by atoms with E-state index in [4.69, 9.17) is 13.9 Å². The smallest absolute Gasteiger partial charge is 0.289 e. The molecule has 0 N–H and O–H groups in total. The molecule has 6 heteroatoms. The monoisotopic (exact) mass is 434 g/mol. The molecule has 1 aliphatic rings. The van der Waals surface area contributed by atoms with Crippen molar-refractivity contribution in [3.8, 4) is 11.5 Å². The Morgan fingerprint density at radius 2 is 1.66 bits per heavy atom. The van der Waals surface area contributed by atoms with Gasteiger partial charge in [-0.25, -0.2) is 0 Å². The van der Waals surface area contributed by atoms with Crippen LogP contribution < -0.4 is 9.47 Å². The van der Waals surface area contributed by atoms with Crippen LogP contribution in [0.15, 0.2) is 65.1 Å². The lowest BCUT2D eigenvalue weighted by molar-refractivity contribution is 0.0594. The molecule has 1 amide bonds. The first kappa shape index (κ1) is 22.0. The highest BCUT2D eigenvalue weighted by Gasteiger charge is 2.24. The Labute approximate surface area is 189 Å². The minimum Gasteiger partial charge on any atom is -0.494 e. The van der Waals surface area contributed by atoms with E-state index < -0.39 is 0 Å². The predicted molar refractivity (Wildman–Crippen MR) is 123 cm³/mol. The zero-order valence-electron chi connectivity index (χ0n) is 18.8. The largest absolute Gasteiger partial charge is 0.494 e. The molecule has 1 aromatic heterocycles. The van der Waals surface area contributed by atoms with E-state index in [0.717, 1.165) is 31.1 Å². The molecule has 32 heavy (non-hydrogen) atoms. The third-order valence-corrected chi connectivity index (χ3v) is 5.54. The molecular weight excluding hydrogens is 404 g/mol. The van der Waals surface area contributed by atoms with Gasteiger partial charge >= 0.3 is 0 Å². The summed E-state index contributed by atoms with van der Waals surface area (Å²) in [6.45, 7) is 8.98. The first-order chi connectivity index (χ1) is 15.6. The first-order valence-corrected chi connectivity index (χ1v) is 11.1. The molecule has 1 saturated heterocycles. The standard InChI is InChI=1S/C26H30N2O4/c1-3-30-22-7-9-23(10-8-22)31-19-24-11-12-25(32-24)26(29)28-15-13-27(14-16-28)18-21-6-4-5-20(2)17-21/h4-12,17H,3,13-16,18-19H2,1-2H3. The summed E-state index contributed by atoms with van der Waals surface area (Å²) < 4.78 is 17.0. The van der Waals surface area contributed by atoms with E-state index in [1.54, 1.807) is 12.1 Å². The second-order valence-corrected chi connectivity index (χ2v) is 8.02. The molecule has 4 rings (SSSR count). The number of carbonyl (C=O) groups excluding carboxylic acids is 1. The Kier molecular flexibility index (Phi) is 7.12. The molecule has 168 valence electrons. The van der Waals surface area contributed by atoms with E-state index in [9.17, 15) is 4.79 Å². The third kappa shape index (κ3) is 5.71. The second kappa shape index (κ2) is 10.4. The highest BCUT2D eigenvalue weighted by molar-refractivity contribution is 5.91. The van der Waals surface area contributed by atoms with Gasteiger partial charge in [-0.1, -0.05) is 29.8 Å². The number of piperazine rings is 1. The van der Waals surface area contributed by atoms with Crippen LogP contribution >= 0.6 is 0 Å². The Morgan fingerprint density at radius 3 is 2.34 bits per heavy atom. The van der Waals surface area contributed by atoms with Crippen LogP contribution in [0.1, 0.15) is 34.4 Å². The van der Waals surface area contributed by atoms with Crippen molar-refractivity contribution in [1.82, 2.24) is 9.80 Å². The molecule has 1 aliphatic heterocycles. The number of benzene rings is 2. The van der Waals surface area contributed by atoms with Gasteiger partial charge in [0.1, 0.15) is 23.9 Å². The fourth-order valence-corrected chi connectivity index (χ4v) is 3.86. The van der Waals surface area contributed by atoms with Gasteiger partial charge in [-0.15, -0.1) is 0 Å². The van der Waals surface area contributed by atoms with Gasteiger partial charge in [0.05, 0.1) is 6.61 Å². The van der Waals surface area contributed by atoms with Gasteiger partial charge in [0.15, 0.2) is 5.76 Å². The molecular formula is C26H30N2O4. The molecule has 6 nitrogen and oxygen atoms in total. The number of aryl methyl sites for hydroxylation is 1. The topological polar surface area (TPSA) is 55.2 Å². The highest BCUT2D eigenvalue weighted by Crippen LogP contribution is 2.20. The summed E-state index contributed by atoms with van der Waals surface area (Å²) in [6, 6.07) is 19.6. The van der Waals surface area contributed by atoms with E-state index in [1.807, 2.05) is 36.1 Å². The maximum absolute atomic E-state index is 12.9. The SMILES string of the molecule is CCOc1ccc(OCc2ccc(C(=O)N3CCN(Cc4cccc(C)c4)CC3)o2)cc1. The number of rotatable bonds is 8. The number of furan rings is 1. The van der Waals surface area contributed by atoms with Crippen molar-refractivity contribution < 1.29 is 18.7 Å². The van der Waals surface area contributed by atoms with Gasteiger partial charge < -0.3 is 18.8 Å². The van der Waals surface area contributed by atoms with E-state index >= 15 is 0 Å². The molecule has 0 bridgehead atoms. The molecule has 0 spiro atoms. The summed E-state index contributed by atoms with van der Waals surface area (Å²) in [5.74, 6) is 2.46. The molecule has 0 unspecified atom stereocenters. The lowest BCUT2D eigenvalue weighted by atomic mass is 10.1. The van der Waals surface area contributed by atoms with Crippen molar-refractivity contribution in [1.29, 1.82) is 0 Å². The van der Waals surface area contributed by atoms with E-state index in [0.29, 0.717) is 31.2 Å². The highest BCUT2D eigenvalue weighted by atomic mass is 16.5. The number of nitrogens with zero attached hydrogens (tertiary/aromatic N) is 2. The Balaban J connectivity index is 1.25.